The average Bonchev–Trinajstić information content (AvgIpc) is 3.19. The fraction of sp³-hybridized carbons (Fsp3) is 0.439. The van der Waals surface area contributed by atoms with E-state index in [2.05, 4.69) is 29.4 Å². The molecule has 0 atom stereocenters. The van der Waals surface area contributed by atoms with E-state index < -0.39 is 6.03 Å². The van der Waals surface area contributed by atoms with Crippen molar-refractivity contribution < 1.29 is 28.6 Å². The minimum Gasteiger partial charge on any atom is -0.495 e. The number of nitrogens with zero attached hydrogens (tertiary/aromatic N) is 4. The molecule has 0 radical (unpaired) electrons. The zero-order chi connectivity index (χ0) is 36.9. The predicted molar refractivity (Wildman–Crippen MR) is 202 cm³/mol. The molecule has 2 aliphatic heterocycles. The largest absolute Gasteiger partial charge is 0.495 e. The molecule has 2 aromatic heterocycles. The molecule has 1 N–H and O–H groups in total. The van der Waals surface area contributed by atoms with Gasteiger partial charge >= 0.3 is 6.03 Å². The van der Waals surface area contributed by atoms with E-state index >= 15 is 0 Å². The van der Waals surface area contributed by atoms with Crippen LogP contribution in [-0.4, -0.2) is 77.4 Å². The van der Waals surface area contributed by atoms with Crippen LogP contribution in [0.5, 0.6) is 11.5 Å². The van der Waals surface area contributed by atoms with Crippen molar-refractivity contribution in [1.82, 2.24) is 19.8 Å². The Kier molecular flexibility index (Phi) is 11.0. The topological polar surface area (TPSA) is 132 Å². The van der Waals surface area contributed by atoms with E-state index in [1.807, 2.05) is 29.3 Å². The normalized spacial score (nSPS) is 19.7. The molecule has 4 aromatic rings. The summed E-state index contributed by atoms with van der Waals surface area (Å²) in [5.41, 5.74) is 2.97. The number of likely N-dealkylation sites (tertiary alicyclic amines) is 1. The molecule has 2 saturated heterocycles. The highest BCUT2D eigenvalue weighted by Gasteiger charge is 2.31. The number of methoxy groups -OCH3 is 1. The van der Waals surface area contributed by atoms with Crippen LogP contribution in [0.25, 0.3) is 21.9 Å². The molecular formula is C41H47N5O7. The number of amides is 4. The number of nitrogens with one attached hydrogen (secondary N) is 1. The molecule has 3 fully saturated rings. The maximum atomic E-state index is 13.5. The van der Waals surface area contributed by atoms with E-state index in [-0.39, 0.29) is 48.7 Å². The van der Waals surface area contributed by atoms with Gasteiger partial charge in [-0.15, -0.1) is 0 Å². The van der Waals surface area contributed by atoms with Gasteiger partial charge in [-0.05, 0) is 92.3 Å². The van der Waals surface area contributed by atoms with Crippen LogP contribution >= 0.6 is 0 Å². The first kappa shape index (κ1) is 36.1. The van der Waals surface area contributed by atoms with E-state index in [1.165, 1.54) is 12.0 Å². The van der Waals surface area contributed by atoms with Crippen molar-refractivity contribution in [2.24, 2.45) is 0 Å². The first-order valence-electron chi connectivity index (χ1n) is 18.8. The van der Waals surface area contributed by atoms with E-state index in [9.17, 15) is 19.2 Å². The molecule has 278 valence electrons. The summed E-state index contributed by atoms with van der Waals surface area (Å²) in [6.45, 7) is 4.20. The van der Waals surface area contributed by atoms with Crippen molar-refractivity contribution in [3.63, 3.8) is 0 Å². The highest BCUT2D eigenvalue weighted by molar-refractivity contribution is 6.07. The molecule has 53 heavy (non-hydrogen) atoms. The Morgan fingerprint density at radius 2 is 1.62 bits per heavy atom. The number of hydrogen-bond donors (Lipinski definition) is 1. The van der Waals surface area contributed by atoms with E-state index in [0.717, 1.165) is 73.6 Å². The molecular weight excluding hydrogens is 674 g/mol. The Balaban J connectivity index is 0.893. The fourth-order valence-electron chi connectivity index (χ4n) is 7.63. The van der Waals surface area contributed by atoms with Crippen molar-refractivity contribution in [2.75, 3.05) is 31.6 Å². The monoisotopic (exact) mass is 721 g/mol. The summed E-state index contributed by atoms with van der Waals surface area (Å²) >= 11 is 0. The second kappa shape index (κ2) is 16.2. The van der Waals surface area contributed by atoms with Crippen LogP contribution in [0.3, 0.4) is 0 Å². The lowest BCUT2D eigenvalue weighted by Gasteiger charge is -2.36. The van der Waals surface area contributed by atoms with Gasteiger partial charge in [-0.1, -0.05) is 25.5 Å². The van der Waals surface area contributed by atoms with Crippen LogP contribution in [0.4, 0.5) is 10.5 Å². The lowest BCUT2D eigenvalue weighted by molar-refractivity contribution is -0.120. The Bertz CT molecular complexity index is 2010. The smallest absolute Gasteiger partial charge is 0.328 e. The maximum Gasteiger partial charge on any atom is 0.328 e. The van der Waals surface area contributed by atoms with Gasteiger partial charge in [0.1, 0.15) is 11.5 Å². The molecule has 7 rings (SSSR count). The number of urea groups is 1. The third-order valence-electron chi connectivity index (χ3n) is 10.6. The second-order valence-corrected chi connectivity index (χ2v) is 14.1. The number of fused-ring (bicyclic) bond motifs is 1. The van der Waals surface area contributed by atoms with E-state index in [1.54, 1.807) is 35.2 Å². The Morgan fingerprint density at radius 1 is 0.887 bits per heavy atom. The van der Waals surface area contributed by atoms with Gasteiger partial charge in [0.25, 0.3) is 11.5 Å². The third-order valence-corrected chi connectivity index (χ3v) is 10.6. The van der Waals surface area contributed by atoms with Gasteiger partial charge < -0.3 is 23.7 Å². The fourth-order valence-corrected chi connectivity index (χ4v) is 7.63. The number of anilines is 1. The number of rotatable bonds is 11. The number of imide groups is 1. The molecule has 0 spiro atoms. The zero-order valence-corrected chi connectivity index (χ0v) is 30.4. The quantitative estimate of drug-likeness (QED) is 0.190. The number of aromatic nitrogens is 2. The summed E-state index contributed by atoms with van der Waals surface area (Å²) in [6, 6.07) is 14.6. The lowest BCUT2D eigenvalue weighted by atomic mass is 9.94. The molecule has 0 unspecified atom stereocenters. The molecule has 3 aliphatic rings. The zero-order valence-electron chi connectivity index (χ0n) is 30.4. The van der Waals surface area contributed by atoms with Crippen molar-refractivity contribution in [2.45, 2.75) is 89.6 Å². The average molecular weight is 722 g/mol. The first-order valence-corrected chi connectivity index (χ1v) is 18.8. The molecule has 4 heterocycles. The summed E-state index contributed by atoms with van der Waals surface area (Å²) in [4.78, 5) is 58.2. The van der Waals surface area contributed by atoms with Gasteiger partial charge in [-0.2, -0.15) is 0 Å². The Hall–Kier alpha value is -5.23. The SMILES string of the molecule is CCCCn1cc(-c2ccc(OC3CCC(OC4CCN(C(=O)c5ccc(OC)c(N6CCC(=O)NC6=O)c5)CC4)CC3)cc2)c2ccncc2c1=O. The van der Waals surface area contributed by atoms with Crippen molar-refractivity contribution in [1.29, 1.82) is 0 Å². The van der Waals surface area contributed by atoms with E-state index in [4.69, 9.17) is 14.2 Å². The molecule has 12 nitrogen and oxygen atoms in total. The number of carbonyl (C=O) groups is 3. The molecule has 2 aromatic carbocycles. The summed E-state index contributed by atoms with van der Waals surface area (Å²) in [5, 5.41) is 3.86. The summed E-state index contributed by atoms with van der Waals surface area (Å²) in [6.07, 6.45) is 13.1. The summed E-state index contributed by atoms with van der Waals surface area (Å²) in [7, 11) is 1.51. The Morgan fingerprint density at radius 3 is 2.34 bits per heavy atom. The third kappa shape index (κ3) is 8.07. The number of unbranched alkanes of at least 4 members (excludes halogenated alkanes) is 1. The number of hydrogen-bond acceptors (Lipinski definition) is 8. The van der Waals surface area contributed by atoms with E-state index in [0.29, 0.717) is 42.0 Å². The molecule has 4 amide bonds. The number of aryl methyl sites for hydroxylation is 1. The van der Waals surface area contributed by atoms with Crippen molar-refractivity contribution >= 4 is 34.3 Å². The van der Waals surface area contributed by atoms with Crippen LogP contribution in [0.15, 0.2) is 71.9 Å². The van der Waals surface area contributed by atoms with Gasteiger partial charge in [-0.3, -0.25) is 29.6 Å². The lowest BCUT2D eigenvalue weighted by Crippen LogP contribution is -2.49. The highest BCUT2D eigenvalue weighted by Crippen LogP contribution is 2.33. The van der Waals surface area contributed by atoms with Crippen LogP contribution in [-0.2, 0) is 16.1 Å². The summed E-state index contributed by atoms with van der Waals surface area (Å²) in [5.74, 6) is 0.869. The van der Waals surface area contributed by atoms with Gasteiger partial charge in [-0.25, -0.2) is 4.79 Å². The van der Waals surface area contributed by atoms with Gasteiger partial charge in [0.15, 0.2) is 0 Å². The second-order valence-electron chi connectivity index (χ2n) is 14.1. The minimum atomic E-state index is -0.524. The first-order chi connectivity index (χ1) is 25.8. The molecule has 1 saturated carbocycles. The van der Waals surface area contributed by atoms with Crippen molar-refractivity contribution in [3.05, 3.63) is 83.0 Å². The van der Waals surface area contributed by atoms with Crippen LogP contribution in [0.2, 0.25) is 0 Å². The minimum absolute atomic E-state index is 0.00257. The molecule has 1 aliphatic carbocycles. The Labute approximate surface area is 309 Å². The van der Waals surface area contributed by atoms with Crippen LogP contribution < -0.4 is 25.2 Å². The number of benzene rings is 2. The molecule has 0 bridgehead atoms. The number of carbonyl (C=O) groups excluding carboxylic acids is 3. The summed E-state index contributed by atoms with van der Waals surface area (Å²) < 4.78 is 20.2. The predicted octanol–water partition coefficient (Wildman–Crippen LogP) is 6.33. The van der Waals surface area contributed by atoms with Crippen LogP contribution in [0.1, 0.15) is 75.1 Å². The van der Waals surface area contributed by atoms with Gasteiger partial charge in [0.05, 0.1) is 36.5 Å². The number of ether oxygens (including phenoxy) is 3. The van der Waals surface area contributed by atoms with Gasteiger partial charge in [0, 0.05) is 62.3 Å². The van der Waals surface area contributed by atoms with Crippen LogP contribution in [0, 0.1) is 0 Å². The number of pyridine rings is 2. The molecule has 12 heteroatoms. The standard InChI is InChI=1S/C41H47N5O7/c1-3-4-20-45-26-35(33-15-19-42-25-34(33)40(45)49)27-5-8-29(9-6-27)52-30-10-12-31(13-11-30)53-32-16-21-44(22-17-32)39(48)28-7-14-37(51-2)36(24-28)46-23-18-38(47)43-41(46)50/h5-9,14-15,19,24-26,30-32H,3-4,10-13,16-18,20-23H2,1-2H3,(H,43,47,50). The highest BCUT2D eigenvalue weighted by atomic mass is 16.5. The maximum absolute atomic E-state index is 13.5. The van der Waals surface area contributed by atoms with Gasteiger partial charge in [0.2, 0.25) is 5.91 Å². The number of piperidine rings is 1. The van der Waals surface area contributed by atoms with Crippen molar-refractivity contribution in [3.8, 4) is 22.6 Å².